The summed E-state index contributed by atoms with van der Waals surface area (Å²) in [6, 6.07) is 17.5. The molecule has 92 heavy (non-hydrogen) atoms. The van der Waals surface area contributed by atoms with Crippen molar-refractivity contribution in [3.05, 3.63) is 112 Å². The number of rotatable bonds is 28. The summed E-state index contributed by atoms with van der Waals surface area (Å²) in [5, 5.41) is 23.9. The van der Waals surface area contributed by atoms with Crippen LogP contribution in [0.15, 0.2) is 89.6 Å². The van der Waals surface area contributed by atoms with Crippen LogP contribution in [-0.4, -0.2) is 193 Å². The third-order valence-electron chi connectivity index (χ3n) is 16.6. The lowest BCUT2D eigenvalue weighted by Gasteiger charge is -2.40. The van der Waals surface area contributed by atoms with Gasteiger partial charge in [0.15, 0.2) is 5.72 Å². The van der Waals surface area contributed by atoms with E-state index < -0.39 is 72.1 Å². The van der Waals surface area contributed by atoms with Gasteiger partial charge in [0.05, 0.1) is 96.1 Å². The van der Waals surface area contributed by atoms with E-state index in [0.29, 0.717) is 57.4 Å². The third kappa shape index (κ3) is 19.7. The molecule has 0 saturated carbocycles. The highest BCUT2D eigenvalue weighted by molar-refractivity contribution is 6.35. The van der Waals surface area contributed by atoms with E-state index in [1.165, 1.54) is 38.0 Å². The predicted octanol–water partition coefficient (Wildman–Crippen LogP) is 7.30. The Hall–Kier alpha value is -7.62. The van der Waals surface area contributed by atoms with Gasteiger partial charge >= 0.3 is 12.1 Å². The quantitative estimate of drug-likeness (QED) is 0.0206. The first-order chi connectivity index (χ1) is 44.1. The van der Waals surface area contributed by atoms with E-state index >= 15 is 0 Å². The summed E-state index contributed by atoms with van der Waals surface area (Å²) in [6.07, 6.45) is 0.961. The average Bonchev–Trinajstić information content (AvgIpc) is 1.55. The first kappa shape index (κ1) is 71.8. The fourth-order valence-electron chi connectivity index (χ4n) is 11.1. The molecule has 7 atom stereocenters. The Morgan fingerprint density at radius 1 is 0.891 bits per heavy atom. The lowest BCUT2D eigenvalue weighted by molar-refractivity contribution is -0.162. The Morgan fingerprint density at radius 2 is 1.55 bits per heavy atom. The van der Waals surface area contributed by atoms with Gasteiger partial charge in [0.1, 0.15) is 40.7 Å². The van der Waals surface area contributed by atoms with Crippen molar-refractivity contribution in [1.82, 2.24) is 20.4 Å². The molecule has 500 valence electrons. The van der Waals surface area contributed by atoms with Crippen LogP contribution in [0.2, 0.25) is 5.02 Å². The van der Waals surface area contributed by atoms with Gasteiger partial charge in [0, 0.05) is 83.9 Å². The van der Waals surface area contributed by atoms with Crippen LogP contribution in [0.25, 0.3) is 11.3 Å². The van der Waals surface area contributed by atoms with Gasteiger partial charge in [-0.3, -0.25) is 29.3 Å². The maximum Gasteiger partial charge on any atom is 0.409 e. The second-order valence-electron chi connectivity index (χ2n) is 23.3. The number of methoxy groups -OCH3 is 2. The summed E-state index contributed by atoms with van der Waals surface area (Å²) in [6.45, 7) is 9.97. The average molecular weight is 1300 g/mol. The van der Waals surface area contributed by atoms with Crippen molar-refractivity contribution in [2.75, 3.05) is 104 Å². The van der Waals surface area contributed by atoms with E-state index in [-0.39, 0.29) is 106 Å². The molecule has 3 aromatic rings. The van der Waals surface area contributed by atoms with Crippen molar-refractivity contribution >= 4 is 75.8 Å². The molecule has 4 heterocycles. The third-order valence-corrected chi connectivity index (χ3v) is 17.0. The fourth-order valence-corrected chi connectivity index (χ4v) is 11.3. The van der Waals surface area contributed by atoms with E-state index in [2.05, 4.69) is 21.1 Å². The zero-order chi connectivity index (χ0) is 66.5. The number of esters is 1. The monoisotopic (exact) mass is 1300 g/mol. The van der Waals surface area contributed by atoms with Gasteiger partial charge < -0.3 is 73.1 Å². The van der Waals surface area contributed by atoms with Crippen molar-refractivity contribution in [3.8, 4) is 5.75 Å². The maximum atomic E-state index is 14.0. The molecule has 6 amide bonds. The number of amides is 6. The number of aliphatic hydroxyl groups is 1. The van der Waals surface area contributed by atoms with E-state index in [9.17, 15) is 38.7 Å². The number of likely N-dealkylation sites (N-methyl/N-ethyl adjacent to an activating group) is 2. The number of anilines is 2. The lowest BCUT2D eigenvalue weighted by atomic mass is 9.90. The number of alkyl carbamates (subject to hydrolysis) is 1. The van der Waals surface area contributed by atoms with Gasteiger partial charge in [0.25, 0.3) is 0 Å². The van der Waals surface area contributed by atoms with Gasteiger partial charge in [0.2, 0.25) is 29.5 Å². The summed E-state index contributed by atoms with van der Waals surface area (Å²) in [5.74, 6) is -2.07. The number of halogens is 1. The number of hydrogen-bond donors (Lipinski definition) is 5. The Labute approximate surface area is 541 Å². The molecule has 3 aromatic carbocycles. The second-order valence-corrected chi connectivity index (χ2v) is 23.6. The molecule has 0 aromatic heterocycles. The molecule has 5 N–H and O–H groups in total. The SMILES string of the molecule is COc1cc2cc(c1Cl)NC(=O)C[C@H](OC(=O)[C@H](C)N(C)C(=O)CCCC(=O)N(C)CCOCCOCCOCCOCCC(=O)NCCC(=O)N1Cc3ccccc3/C(N=N)=C(/C)c3ccccc31)[C@]1(C)O[C@H]1C[C@@H]1C[C@@](O)(NC(=O)O1)[C@H](OC)/C=C/C=C(/C)C2. The van der Waals surface area contributed by atoms with Gasteiger partial charge in [-0.05, 0) is 75.4 Å². The van der Waals surface area contributed by atoms with Crippen molar-refractivity contribution in [2.45, 2.75) is 134 Å². The molecule has 25 nitrogen and oxygen atoms in total. The molecule has 26 heteroatoms. The number of epoxide rings is 1. The number of nitrogens with zero attached hydrogens (tertiary/aromatic N) is 4. The van der Waals surface area contributed by atoms with Crippen LogP contribution in [-0.2, 0) is 79.6 Å². The van der Waals surface area contributed by atoms with Crippen LogP contribution in [0.5, 0.6) is 5.75 Å². The molecule has 0 radical (unpaired) electrons. The second kappa shape index (κ2) is 34.3. The van der Waals surface area contributed by atoms with Crippen LogP contribution in [0.3, 0.4) is 0 Å². The summed E-state index contributed by atoms with van der Waals surface area (Å²) in [4.78, 5) is 97.8. The molecule has 4 aliphatic rings. The number of hydrogen-bond acceptors (Lipinski definition) is 19. The minimum Gasteiger partial charge on any atom is -0.495 e. The largest absolute Gasteiger partial charge is 0.495 e. The Kier molecular flexibility index (Phi) is 26.8. The normalized spacial score (nSPS) is 23.4. The highest BCUT2D eigenvalue weighted by atomic mass is 35.5. The van der Waals surface area contributed by atoms with Crippen LogP contribution in [0.4, 0.5) is 16.2 Å². The van der Waals surface area contributed by atoms with Gasteiger partial charge in [-0.25, -0.2) is 15.1 Å². The Bertz CT molecular complexity index is 3220. The van der Waals surface area contributed by atoms with Crippen LogP contribution in [0, 0.1) is 5.53 Å². The fraction of sp³-hybridized carbons (Fsp3) is 0.530. The molecule has 0 aliphatic carbocycles. The molecular weight excluding hydrogens is 1210 g/mol. The van der Waals surface area contributed by atoms with Crippen molar-refractivity contribution in [3.63, 3.8) is 0 Å². The molecule has 2 saturated heterocycles. The van der Waals surface area contributed by atoms with Crippen LogP contribution in [0.1, 0.15) is 101 Å². The number of benzene rings is 3. The number of para-hydroxylation sites is 1. The first-order valence-corrected chi connectivity index (χ1v) is 31.2. The van der Waals surface area contributed by atoms with Gasteiger partial charge in [-0.2, -0.15) is 5.11 Å². The standard InChI is InChI=1S/C66H87ClN8O17/c1-42-15-13-20-53(85-8)66(83)40-47(90-64(82)71-66)38-55-65(4,92-55)54(39-57(77)70-50-36-45(35-42)37-52(84-7)61(50)67)91-63(81)44(3)74(6)59(79)22-14-21-58(78)73(5)26-28-87-30-32-89-34-33-88-31-29-86-27-24-56(76)69-25-23-60(80)75-41-46-16-9-10-18-49(46)62(72-68)43(2)48-17-11-12-19-51(48)75/h9-13,15-20,36-37,44,47,53-55,68,83H,14,21-35,38-41H2,1-8H3,(H,69,76)(H,70,77)(H,71,82)/b20-13+,42-15-,62-43+,72-68?/t44-,47+,53+,54-,55-,65-,66-/m0/s1. The maximum absolute atomic E-state index is 14.0. The van der Waals surface area contributed by atoms with Crippen LogP contribution >= 0.6 is 11.6 Å². The van der Waals surface area contributed by atoms with Gasteiger partial charge in [-0.1, -0.05) is 77.9 Å². The summed E-state index contributed by atoms with van der Waals surface area (Å²) < 4.78 is 51.3. The number of carbonyl (C=O) groups is 7. The lowest BCUT2D eigenvalue weighted by Crippen LogP contribution is -2.62. The molecule has 4 aliphatic heterocycles. The predicted molar refractivity (Wildman–Crippen MR) is 340 cm³/mol. The molecule has 4 bridgehead atoms. The number of fused-ring (bicyclic) bond motifs is 7. The molecule has 7 rings (SSSR count). The van der Waals surface area contributed by atoms with E-state index in [1.807, 2.05) is 68.5 Å². The summed E-state index contributed by atoms with van der Waals surface area (Å²) in [5.41, 5.74) is 11.2. The number of allylic oxidation sites excluding steroid dienone is 4. The zero-order valence-electron chi connectivity index (χ0n) is 53.7. The Morgan fingerprint density at radius 3 is 2.25 bits per heavy atom. The number of carbonyl (C=O) groups excluding carboxylic acids is 7. The van der Waals surface area contributed by atoms with Crippen molar-refractivity contribution in [1.29, 1.82) is 5.53 Å². The molecule has 0 spiro atoms. The number of nitrogens with one attached hydrogen (secondary N) is 4. The molecule has 0 unspecified atom stereocenters. The van der Waals surface area contributed by atoms with Crippen molar-refractivity contribution in [2.24, 2.45) is 5.11 Å². The zero-order valence-corrected chi connectivity index (χ0v) is 54.4. The first-order valence-electron chi connectivity index (χ1n) is 30.9. The topological polar surface area (TPSA) is 308 Å². The van der Waals surface area contributed by atoms with Crippen LogP contribution < -0.4 is 25.6 Å². The summed E-state index contributed by atoms with van der Waals surface area (Å²) >= 11 is 6.70. The minimum atomic E-state index is -1.86. The number of ether oxygens (including phenoxy) is 9. The van der Waals surface area contributed by atoms with E-state index in [4.69, 9.17) is 59.8 Å². The smallest absolute Gasteiger partial charge is 0.409 e. The van der Waals surface area contributed by atoms with E-state index in [1.54, 1.807) is 43.2 Å². The van der Waals surface area contributed by atoms with Crippen molar-refractivity contribution < 1.29 is 81.3 Å². The molecular formula is C66H87ClN8O17. The minimum absolute atomic E-state index is 0.0445. The summed E-state index contributed by atoms with van der Waals surface area (Å²) in [7, 11) is 5.95. The van der Waals surface area contributed by atoms with E-state index in [0.717, 1.165) is 39.1 Å². The highest BCUT2D eigenvalue weighted by Crippen LogP contribution is 2.47. The Balaban J connectivity index is 0.752. The molecule has 2 fully saturated rings. The highest BCUT2D eigenvalue weighted by Gasteiger charge is 2.61. The van der Waals surface area contributed by atoms with Gasteiger partial charge in [-0.15, -0.1) is 0 Å².